The van der Waals surface area contributed by atoms with E-state index >= 15 is 0 Å². The zero-order valence-electron chi connectivity index (χ0n) is 16.8. The Labute approximate surface area is 174 Å². The van der Waals surface area contributed by atoms with Crippen LogP contribution in [0.15, 0.2) is 67.1 Å². The third-order valence-electron chi connectivity index (χ3n) is 4.73. The van der Waals surface area contributed by atoms with E-state index in [9.17, 15) is 4.79 Å². The van der Waals surface area contributed by atoms with Gasteiger partial charge < -0.3 is 14.6 Å². The molecule has 152 valence electrons. The van der Waals surface area contributed by atoms with E-state index in [2.05, 4.69) is 20.4 Å². The van der Waals surface area contributed by atoms with Crippen LogP contribution in [0.5, 0.6) is 5.75 Å². The minimum atomic E-state index is -0.182. The van der Waals surface area contributed by atoms with Crippen molar-refractivity contribution in [2.24, 2.45) is 7.05 Å². The van der Waals surface area contributed by atoms with Crippen molar-refractivity contribution in [2.75, 3.05) is 13.7 Å². The molecule has 8 heteroatoms. The first-order chi connectivity index (χ1) is 14.7. The summed E-state index contributed by atoms with van der Waals surface area (Å²) in [5, 5.41) is 7.42. The number of methoxy groups -OCH3 is 1. The molecule has 0 aliphatic rings. The van der Waals surface area contributed by atoms with E-state index in [0.717, 1.165) is 22.8 Å². The van der Waals surface area contributed by atoms with E-state index < -0.39 is 0 Å². The minimum Gasteiger partial charge on any atom is -0.497 e. The summed E-state index contributed by atoms with van der Waals surface area (Å²) < 4.78 is 8.81. The number of amides is 1. The van der Waals surface area contributed by atoms with Gasteiger partial charge in [-0.2, -0.15) is 5.10 Å². The molecular weight excluding hydrogens is 380 g/mol. The monoisotopic (exact) mass is 402 g/mol. The molecule has 1 N–H and O–H groups in total. The average molecular weight is 402 g/mol. The molecule has 1 amide bonds. The lowest BCUT2D eigenvalue weighted by atomic mass is 10.1. The highest BCUT2D eigenvalue weighted by Crippen LogP contribution is 2.23. The van der Waals surface area contributed by atoms with Crippen LogP contribution >= 0.6 is 0 Å². The number of carbonyl (C=O) groups is 1. The number of aromatic nitrogens is 5. The van der Waals surface area contributed by atoms with Gasteiger partial charge in [-0.25, -0.2) is 4.98 Å². The van der Waals surface area contributed by atoms with Crippen LogP contribution in [0, 0.1) is 0 Å². The van der Waals surface area contributed by atoms with Crippen LogP contribution in [0.25, 0.3) is 22.8 Å². The molecule has 4 rings (SSSR count). The summed E-state index contributed by atoms with van der Waals surface area (Å²) >= 11 is 0. The Bertz CT molecular complexity index is 1150. The van der Waals surface area contributed by atoms with Crippen molar-refractivity contribution in [2.45, 2.75) is 6.54 Å². The van der Waals surface area contributed by atoms with Crippen LogP contribution in [0.3, 0.4) is 0 Å². The number of rotatable bonds is 7. The zero-order valence-corrected chi connectivity index (χ0v) is 16.8. The summed E-state index contributed by atoms with van der Waals surface area (Å²) in [7, 11) is 3.38. The smallest absolute Gasteiger partial charge is 0.269 e. The molecule has 0 atom stereocenters. The van der Waals surface area contributed by atoms with Crippen molar-refractivity contribution in [1.82, 2.24) is 29.6 Å². The van der Waals surface area contributed by atoms with Gasteiger partial charge >= 0.3 is 0 Å². The number of nitrogens with zero attached hydrogens (tertiary/aromatic N) is 5. The summed E-state index contributed by atoms with van der Waals surface area (Å²) in [4.78, 5) is 21.4. The van der Waals surface area contributed by atoms with Crippen LogP contribution in [0.1, 0.15) is 10.5 Å². The fourth-order valence-corrected chi connectivity index (χ4v) is 3.20. The number of aryl methyl sites for hydroxylation is 1. The number of carbonyl (C=O) groups excluding carboxylic acids is 1. The van der Waals surface area contributed by atoms with E-state index in [4.69, 9.17) is 4.74 Å². The minimum absolute atomic E-state index is 0.182. The molecule has 0 unspecified atom stereocenters. The second kappa shape index (κ2) is 8.60. The maximum atomic E-state index is 12.7. The summed E-state index contributed by atoms with van der Waals surface area (Å²) in [6, 6.07) is 15.1. The molecule has 4 aromatic rings. The fourth-order valence-electron chi connectivity index (χ4n) is 3.20. The maximum Gasteiger partial charge on any atom is 0.269 e. The molecule has 0 spiro atoms. The second-order valence-corrected chi connectivity index (χ2v) is 6.69. The van der Waals surface area contributed by atoms with Crippen molar-refractivity contribution in [3.63, 3.8) is 0 Å². The quantitative estimate of drug-likeness (QED) is 0.514. The zero-order chi connectivity index (χ0) is 20.9. The molecular formula is C22H22N6O2. The van der Waals surface area contributed by atoms with Crippen molar-refractivity contribution in [3.8, 4) is 28.5 Å². The third kappa shape index (κ3) is 4.07. The molecule has 3 heterocycles. The lowest BCUT2D eigenvalue weighted by Crippen LogP contribution is -2.28. The largest absolute Gasteiger partial charge is 0.497 e. The Kier molecular flexibility index (Phi) is 5.56. The first-order valence-electron chi connectivity index (χ1n) is 9.55. The second-order valence-electron chi connectivity index (χ2n) is 6.69. The van der Waals surface area contributed by atoms with Gasteiger partial charge in [-0.3, -0.25) is 14.5 Å². The van der Waals surface area contributed by atoms with Gasteiger partial charge in [0.15, 0.2) is 5.82 Å². The highest BCUT2D eigenvalue weighted by molar-refractivity contribution is 5.93. The van der Waals surface area contributed by atoms with Gasteiger partial charge in [0.05, 0.1) is 12.8 Å². The van der Waals surface area contributed by atoms with Gasteiger partial charge in [0.25, 0.3) is 5.91 Å². The number of ether oxygens (including phenoxy) is 1. The van der Waals surface area contributed by atoms with Gasteiger partial charge in [-0.15, -0.1) is 0 Å². The standard InChI is InChI=1S/C22H22N6O2/c1-27-20(15-19(26-27)16-6-5-7-17(14-16)30-2)22(29)25-11-13-28-12-10-24-21(28)18-8-3-4-9-23-18/h3-10,12,14-15H,11,13H2,1-2H3,(H,25,29). The first-order valence-corrected chi connectivity index (χ1v) is 9.55. The molecule has 0 fully saturated rings. The Morgan fingerprint density at radius 2 is 1.97 bits per heavy atom. The van der Waals surface area contributed by atoms with E-state index in [0.29, 0.717) is 24.5 Å². The number of imidazole rings is 1. The van der Waals surface area contributed by atoms with Crippen LogP contribution < -0.4 is 10.1 Å². The normalized spacial score (nSPS) is 10.7. The summed E-state index contributed by atoms with van der Waals surface area (Å²) in [6.07, 6.45) is 5.34. The molecule has 8 nitrogen and oxygen atoms in total. The number of hydrogen-bond acceptors (Lipinski definition) is 5. The molecule has 0 bridgehead atoms. The van der Waals surface area contributed by atoms with Crippen molar-refractivity contribution >= 4 is 5.91 Å². The Morgan fingerprint density at radius 3 is 2.77 bits per heavy atom. The summed E-state index contributed by atoms with van der Waals surface area (Å²) in [6.45, 7) is 1.03. The van der Waals surface area contributed by atoms with E-state index in [1.807, 2.05) is 53.2 Å². The number of hydrogen-bond donors (Lipinski definition) is 1. The van der Waals surface area contributed by atoms with Gasteiger partial charge in [0, 0.05) is 44.3 Å². The van der Waals surface area contributed by atoms with Crippen molar-refractivity contribution < 1.29 is 9.53 Å². The van der Waals surface area contributed by atoms with E-state index in [1.165, 1.54) is 0 Å². The maximum absolute atomic E-state index is 12.7. The predicted molar refractivity (Wildman–Crippen MR) is 113 cm³/mol. The van der Waals surface area contributed by atoms with Crippen LogP contribution in [-0.4, -0.2) is 43.9 Å². The van der Waals surface area contributed by atoms with Crippen molar-refractivity contribution in [1.29, 1.82) is 0 Å². The van der Waals surface area contributed by atoms with Crippen LogP contribution in [-0.2, 0) is 13.6 Å². The Hall–Kier alpha value is -3.94. The van der Waals surface area contributed by atoms with Gasteiger partial charge in [-0.1, -0.05) is 18.2 Å². The SMILES string of the molecule is COc1cccc(-c2cc(C(=O)NCCn3ccnc3-c3ccccn3)n(C)n2)c1. The van der Waals surface area contributed by atoms with E-state index in [-0.39, 0.29) is 5.91 Å². The number of pyridine rings is 1. The van der Waals surface area contributed by atoms with Gasteiger partial charge in [0.1, 0.15) is 17.1 Å². The third-order valence-corrected chi connectivity index (χ3v) is 4.73. The Balaban J connectivity index is 1.42. The highest BCUT2D eigenvalue weighted by atomic mass is 16.5. The molecule has 0 aliphatic carbocycles. The molecule has 0 radical (unpaired) electrons. The van der Waals surface area contributed by atoms with Gasteiger partial charge in [-0.05, 0) is 30.3 Å². The van der Waals surface area contributed by atoms with E-state index in [1.54, 1.807) is 37.3 Å². The molecule has 0 saturated carbocycles. The van der Waals surface area contributed by atoms with Crippen LogP contribution in [0.4, 0.5) is 0 Å². The lowest BCUT2D eigenvalue weighted by Gasteiger charge is -2.09. The van der Waals surface area contributed by atoms with Crippen molar-refractivity contribution in [3.05, 3.63) is 72.8 Å². The highest BCUT2D eigenvalue weighted by Gasteiger charge is 2.15. The topological polar surface area (TPSA) is 86.9 Å². The van der Waals surface area contributed by atoms with Gasteiger partial charge in [0.2, 0.25) is 0 Å². The molecule has 3 aromatic heterocycles. The molecule has 1 aromatic carbocycles. The molecule has 0 aliphatic heterocycles. The Morgan fingerprint density at radius 1 is 1.07 bits per heavy atom. The molecule has 30 heavy (non-hydrogen) atoms. The number of benzene rings is 1. The first kappa shape index (κ1) is 19.4. The lowest BCUT2D eigenvalue weighted by molar-refractivity contribution is 0.0943. The fraction of sp³-hybridized carbons (Fsp3) is 0.182. The summed E-state index contributed by atoms with van der Waals surface area (Å²) in [5.41, 5.74) is 2.89. The summed E-state index contributed by atoms with van der Waals surface area (Å²) in [5.74, 6) is 1.33. The average Bonchev–Trinajstić information content (AvgIpc) is 3.41. The van der Waals surface area contributed by atoms with Crippen LogP contribution in [0.2, 0.25) is 0 Å². The number of nitrogens with one attached hydrogen (secondary N) is 1. The molecule has 0 saturated heterocycles. The predicted octanol–water partition coefficient (Wildman–Crippen LogP) is 2.78.